The monoisotopic (exact) mass is 342 g/mol. The lowest BCUT2D eigenvalue weighted by molar-refractivity contribution is -0.447. The Morgan fingerprint density at radius 3 is 2.48 bits per heavy atom. The van der Waals surface area contributed by atoms with Gasteiger partial charge < -0.3 is 14.7 Å². The molecule has 0 amide bonds. The van der Waals surface area contributed by atoms with Crippen LogP contribution >= 0.6 is 0 Å². The smallest absolute Gasteiger partial charge is 0.345 e. The number of hydrogen-bond donors (Lipinski definition) is 2. The average molecular weight is 342 g/mol. The first-order valence-electron chi connectivity index (χ1n) is 7.29. The molecule has 1 aromatic heterocycles. The van der Waals surface area contributed by atoms with Crippen molar-refractivity contribution in [2.45, 2.75) is 0 Å². The Balaban J connectivity index is 2.36. The van der Waals surface area contributed by atoms with E-state index in [4.69, 9.17) is 15.2 Å². The number of fused-ring (bicyclic) bond motifs is 1. The van der Waals surface area contributed by atoms with Crippen molar-refractivity contribution >= 4 is 23.1 Å². The van der Waals surface area contributed by atoms with Crippen LogP contribution in [0.15, 0.2) is 36.4 Å². The molecule has 0 aliphatic heterocycles. The molecule has 0 saturated carbocycles. The minimum absolute atomic E-state index is 0.0755. The molecular weight excluding hydrogens is 326 g/mol. The molecule has 2 aromatic carbocycles. The molecule has 0 spiro atoms. The number of benzene rings is 2. The fraction of sp³-hybridized carbons (Fsp3) is 0.118. The zero-order chi connectivity index (χ0) is 18.1. The Kier molecular flexibility index (Phi) is 4.02. The quantitative estimate of drug-likeness (QED) is 0.425. The van der Waals surface area contributed by atoms with E-state index in [2.05, 4.69) is 0 Å². The Labute approximate surface area is 142 Å². The summed E-state index contributed by atoms with van der Waals surface area (Å²) in [6, 6.07) is 9.16. The molecule has 1 heterocycles. The SMILES string of the molecule is COc1ccc(-c2c(N)[n+](=O)c3ccc(C=O)cc3n2O)cc1OC. The maximum atomic E-state index is 12.5. The van der Waals surface area contributed by atoms with Crippen molar-refractivity contribution < 1.29 is 23.9 Å². The average Bonchev–Trinajstić information content (AvgIpc) is 2.65. The van der Waals surface area contributed by atoms with Gasteiger partial charge in [-0.25, -0.2) is 0 Å². The normalized spacial score (nSPS) is 10.6. The number of methoxy groups -OCH3 is 2. The molecule has 0 radical (unpaired) electrons. The second-order valence-corrected chi connectivity index (χ2v) is 5.28. The van der Waals surface area contributed by atoms with Gasteiger partial charge in [-0.05, 0) is 36.4 Å². The number of carbonyl (C=O) groups excluding carboxylic acids is 1. The van der Waals surface area contributed by atoms with Crippen molar-refractivity contribution in [1.82, 2.24) is 4.73 Å². The minimum Gasteiger partial charge on any atom is -0.493 e. The van der Waals surface area contributed by atoms with E-state index in [0.717, 1.165) is 4.73 Å². The summed E-state index contributed by atoms with van der Waals surface area (Å²) in [7, 11) is 2.98. The van der Waals surface area contributed by atoms with Crippen LogP contribution in [-0.4, -0.2) is 30.4 Å². The van der Waals surface area contributed by atoms with Gasteiger partial charge in [-0.2, -0.15) is 4.73 Å². The lowest BCUT2D eigenvalue weighted by atomic mass is 10.1. The first-order chi connectivity index (χ1) is 12.0. The van der Waals surface area contributed by atoms with Crippen LogP contribution in [0.2, 0.25) is 0 Å². The van der Waals surface area contributed by atoms with E-state index >= 15 is 0 Å². The molecule has 0 unspecified atom stereocenters. The van der Waals surface area contributed by atoms with E-state index < -0.39 is 0 Å². The highest BCUT2D eigenvalue weighted by molar-refractivity contribution is 5.86. The number of nitrogen functional groups attached to an aromatic ring is 1. The molecular formula is C17H16N3O5+. The minimum atomic E-state index is -0.193. The van der Waals surface area contributed by atoms with Crippen molar-refractivity contribution in [3.8, 4) is 22.8 Å². The summed E-state index contributed by atoms with van der Waals surface area (Å²) < 4.78 is 11.7. The van der Waals surface area contributed by atoms with Gasteiger partial charge >= 0.3 is 5.82 Å². The summed E-state index contributed by atoms with van der Waals surface area (Å²) >= 11 is 0. The third-order valence-corrected chi connectivity index (χ3v) is 3.91. The largest absolute Gasteiger partial charge is 0.493 e. The Hall–Kier alpha value is -3.55. The van der Waals surface area contributed by atoms with Crippen LogP contribution in [0.5, 0.6) is 11.5 Å². The summed E-state index contributed by atoms with van der Waals surface area (Å²) in [6.07, 6.45) is 0.626. The van der Waals surface area contributed by atoms with Gasteiger partial charge in [0.25, 0.3) is 0 Å². The molecule has 0 saturated heterocycles. The second kappa shape index (κ2) is 6.16. The van der Waals surface area contributed by atoms with Crippen LogP contribution in [0.4, 0.5) is 5.82 Å². The molecule has 0 atom stereocenters. The summed E-state index contributed by atoms with van der Waals surface area (Å²) in [5.41, 5.74) is 7.07. The molecule has 25 heavy (non-hydrogen) atoms. The Morgan fingerprint density at radius 1 is 1.12 bits per heavy atom. The number of nitrogens with two attached hydrogens (primary N) is 1. The predicted octanol–water partition coefficient (Wildman–Crippen LogP) is 1.87. The van der Waals surface area contributed by atoms with Crippen molar-refractivity contribution in [3.63, 3.8) is 0 Å². The number of aldehydes is 1. The van der Waals surface area contributed by atoms with Crippen LogP contribution in [0, 0.1) is 4.91 Å². The number of carbonyl (C=O) groups is 1. The molecule has 8 heteroatoms. The molecule has 0 aliphatic rings. The highest BCUT2D eigenvalue weighted by atomic mass is 16.5. The second-order valence-electron chi connectivity index (χ2n) is 5.28. The molecule has 128 valence electrons. The van der Waals surface area contributed by atoms with E-state index in [0.29, 0.717) is 33.3 Å². The van der Waals surface area contributed by atoms with Crippen molar-refractivity contribution in [3.05, 3.63) is 46.9 Å². The van der Waals surface area contributed by atoms with Gasteiger partial charge in [-0.1, -0.05) is 4.91 Å². The van der Waals surface area contributed by atoms with E-state index in [1.165, 1.54) is 32.4 Å². The lowest BCUT2D eigenvalue weighted by Crippen LogP contribution is -2.25. The highest BCUT2D eigenvalue weighted by Crippen LogP contribution is 2.34. The van der Waals surface area contributed by atoms with Gasteiger partial charge in [0.1, 0.15) is 11.8 Å². The fourth-order valence-corrected chi connectivity index (χ4v) is 2.66. The standard InChI is InChI=1S/C17H16N3O5/c1-24-14-6-4-11(8-15(14)25-2)16-17(18)20(23)12-5-3-10(9-21)7-13(12)19(16)22/h3-9,22H,18H2,1-2H3/q+1. The van der Waals surface area contributed by atoms with E-state index in [1.54, 1.807) is 18.2 Å². The lowest BCUT2D eigenvalue weighted by Gasteiger charge is -2.12. The summed E-state index contributed by atoms with van der Waals surface area (Å²) in [5, 5.41) is 10.6. The van der Waals surface area contributed by atoms with Crippen LogP contribution in [0.1, 0.15) is 10.4 Å². The molecule has 3 aromatic rings. The zero-order valence-electron chi connectivity index (χ0n) is 13.6. The third-order valence-electron chi connectivity index (χ3n) is 3.91. The number of nitrogens with zero attached hydrogens (tertiary/aromatic N) is 2. The van der Waals surface area contributed by atoms with E-state index in [9.17, 15) is 14.9 Å². The fourth-order valence-electron chi connectivity index (χ4n) is 2.66. The van der Waals surface area contributed by atoms with Crippen molar-refractivity contribution in [2.75, 3.05) is 20.0 Å². The number of ether oxygens (including phenoxy) is 2. The number of anilines is 1. The van der Waals surface area contributed by atoms with E-state index in [-0.39, 0.29) is 22.5 Å². The van der Waals surface area contributed by atoms with Crippen LogP contribution in [-0.2, 0) is 0 Å². The van der Waals surface area contributed by atoms with Crippen molar-refractivity contribution in [2.24, 2.45) is 0 Å². The maximum absolute atomic E-state index is 12.5. The maximum Gasteiger partial charge on any atom is 0.345 e. The molecule has 3 N–H and O–H groups in total. The van der Waals surface area contributed by atoms with Gasteiger partial charge in [-0.3, -0.25) is 10.5 Å². The molecule has 8 nitrogen and oxygen atoms in total. The topological polar surface area (TPSA) is 110 Å². The first kappa shape index (κ1) is 16.3. The molecule has 3 rings (SSSR count). The van der Waals surface area contributed by atoms with Gasteiger partial charge in [-0.15, -0.1) is 0 Å². The van der Waals surface area contributed by atoms with Crippen LogP contribution in [0.25, 0.3) is 22.3 Å². The molecule has 0 fully saturated rings. The first-order valence-corrected chi connectivity index (χ1v) is 7.29. The third kappa shape index (κ3) is 2.53. The number of hydrogen-bond acceptors (Lipinski definition) is 6. The number of aromatic nitrogens is 2. The predicted molar refractivity (Wildman–Crippen MR) is 90.8 cm³/mol. The van der Waals surface area contributed by atoms with E-state index in [1.807, 2.05) is 0 Å². The van der Waals surface area contributed by atoms with Crippen LogP contribution < -0.4 is 19.6 Å². The highest BCUT2D eigenvalue weighted by Gasteiger charge is 2.23. The van der Waals surface area contributed by atoms with Gasteiger partial charge in [0.2, 0.25) is 5.52 Å². The zero-order valence-corrected chi connectivity index (χ0v) is 13.6. The molecule has 0 aliphatic carbocycles. The van der Waals surface area contributed by atoms with Crippen LogP contribution in [0.3, 0.4) is 0 Å². The van der Waals surface area contributed by atoms with Crippen molar-refractivity contribution in [1.29, 1.82) is 0 Å². The summed E-state index contributed by atoms with van der Waals surface area (Å²) in [5.74, 6) is 0.716. The summed E-state index contributed by atoms with van der Waals surface area (Å²) in [6.45, 7) is 0. The van der Waals surface area contributed by atoms with Gasteiger partial charge in [0.15, 0.2) is 17.2 Å². The summed E-state index contributed by atoms with van der Waals surface area (Å²) in [4.78, 5) is 23.5. The Bertz CT molecular complexity index is 1040. The van der Waals surface area contributed by atoms with Gasteiger partial charge in [0.05, 0.1) is 14.2 Å². The van der Waals surface area contributed by atoms with Gasteiger partial charge in [0, 0.05) is 15.6 Å². The Morgan fingerprint density at radius 2 is 1.84 bits per heavy atom. The molecule has 0 bridgehead atoms. The number of rotatable bonds is 4.